The molecule has 2 N–H and O–H groups in total. The zero-order valence-corrected chi connectivity index (χ0v) is 9.25. The van der Waals surface area contributed by atoms with E-state index in [0.717, 1.165) is 6.07 Å². The minimum absolute atomic E-state index is 0.0881. The number of benzene rings is 1. The second-order valence-electron chi connectivity index (χ2n) is 3.23. The zero-order valence-electron chi connectivity index (χ0n) is 9.25. The number of rotatable bonds is 5. The number of esters is 1. The summed E-state index contributed by atoms with van der Waals surface area (Å²) in [6.07, 6.45) is 1.32. The fraction of sp³-hybridized carbons (Fsp3) is 0.0833. The van der Waals surface area contributed by atoms with Gasteiger partial charge in [-0.3, -0.25) is 0 Å². The van der Waals surface area contributed by atoms with Gasteiger partial charge in [-0.25, -0.2) is 14.4 Å². The van der Waals surface area contributed by atoms with Crippen LogP contribution in [0.2, 0.25) is 0 Å². The highest BCUT2D eigenvalue weighted by Crippen LogP contribution is 2.16. The van der Waals surface area contributed by atoms with Gasteiger partial charge < -0.3 is 14.9 Å². The summed E-state index contributed by atoms with van der Waals surface area (Å²) in [5, 5.41) is 17.8. The third kappa shape index (κ3) is 2.73. The lowest BCUT2D eigenvalue weighted by Gasteiger charge is -2.08. The zero-order chi connectivity index (χ0) is 13.7. The van der Waals surface area contributed by atoms with E-state index in [0.29, 0.717) is 0 Å². The predicted octanol–water partition coefficient (Wildman–Crippen LogP) is 1.43. The highest BCUT2D eigenvalue weighted by atomic mass is 16.5. The van der Waals surface area contributed by atoms with Crippen LogP contribution in [-0.4, -0.2) is 34.7 Å². The van der Waals surface area contributed by atoms with E-state index >= 15 is 0 Å². The molecule has 1 aromatic rings. The van der Waals surface area contributed by atoms with Crippen molar-refractivity contribution in [3.8, 4) is 0 Å². The molecule has 0 aromatic heterocycles. The predicted molar refractivity (Wildman–Crippen MR) is 60.8 cm³/mol. The molecule has 0 heterocycles. The van der Waals surface area contributed by atoms with Gasteiger partial charge in [-0.2, -0.15) is 0 Å². The molecule has 0 bridgehead atoms. The molecule has 6 nitrogen and oxygen atoms in total. The fourth-order valence-electron chi connectivity index (χ4n) is 1.34. The molecule has 0 radical (unpaired) electrons. The molecule has 0 fully saturated rings. The van der Waals surface area contributed by atoms with E-state index in [4.69, 9.17) is 10.2 Å². The Bertz CT molecular complexity index is 517. The van der Waals surface area contributed by atoms with Gasteiger partial charge in [0, 0.05) is 0 Å². The van der Waals surface area contributed by atoms with Crippen LogP contribution in [-0.2, 0) is 4.74 Å². The Labute approximate surface area is 102 Å². The lowest BCUT2D eigenvalue weighted by molar-refractivity contribution is 0.0535. The molecule has 0 unspecified atom stereocenters. The van der Waals surface area contributed by atoms with Crippen molar-refractivity contribution in [2.24, 2.45) is 0 Å². The van der Waals surface area contributed by atoms with Crippen LogP contribution in [0.3, 0.4) is 0 Å². The molecule has 0 aliphatic rings. The van der Waals surface area contributed by atoms with Crippen LogP contribution in [0, 0.1) is 0 Å². The van der Waals surface area contributed by atoms with Gasteiger partial charge in [0.2, 0.25) is 0 Å². The van der Waals surface area contributed by atoms with Crippen LogP contribution in [0.4, 0.5) is 0 Å². The van der Waals surface area contributed by atoms with E-state index in [2.05, 4.69) is 11.3 Å². The molecule has 0 aliphatic carbocycles. The van der Waals surface area contributed by atoms with Gasteiger partial charge in [0.15, 0.2) is 0 Å². The first-order chi connectivity index (χ1) is 8.49. The van der Waals surface area contributed by atoms with Crippen LogP contribution >= 0.6 is 0 Å². The fourth-order valence-corrected chi connectivity index (χ4v) is 1.34. The van der Waals surface area contributed by atoms with E-state index in [-0.39, 0.29) is 12.2 Å². The molecule has 0 aliphatic heterocycles. The number of hydrogen-bond acceptors (Lipinski definition) is 4. The maximum atomic E-state index is 11.6. The lowest BCUT2D eigenvalue weighted by atomic mass is 10.0. The number of carbonyl (C=O) groups is 3. The Morgan fingerprint density at radius 2 is 1.78 bits per heavy atom. The SMILES string of the molecule is C=CCOC(=O)c1cccc(C(=O)O)c1C(=O)O. The van der Waals surface area contributed by atoms with Crippen molar-refractivity contribution in [2.45, 2.75) is 0 Å². The Hall–Kier alpha value is -2.63. The van der Waals surface area contributed by atoms with Crippen molar-refractivity contribution in [3.05, 3.63) is 47.5 Å². The third-order valence-corrected chi connectivity index (χ3v) is 2.06. The molecule has 6 heteroatoms. The molecule has 0 spiro atoms. The van der Waals surface area contributed by atoms with Crippen molar-refractivity contribution in [1.82, 2.24) is 0 Å². The van der Waals surface area contributed by atoms with Gasteiger partial charge in [0.05, 0.1) is 16.7 Å². The number of carboxylic acids is 2. The van der Waals surface area contributed by atoms with Gasteiger partial charge in [-0.1, -0.05) is 18.7 Å². The molecular formula is C12H10O6. The van der Waals surface area contributed by atoms with Gasteiger partial charge in [0.25, 0.3) is 0 Å². The summed E-state index contributed by atoms with van der Waals surface area (Å²) in [5.41, 5.74) is -1.35. The molecule has 1 aromatic carbocycles. The summed E-state index contributed by atoms with van der Waals surface area (Å²) in [6.45, 7) is 3.25. The first kappa shape index (κ1) is 13.4. The molecular weight excluding hydrogens is 240 g/mol. The topological polar surface area (TPSA) is 101 Å². The van der Waals surface area contributed by atoms with Crippen LogP contribution in [0.15, 0.2) is 30.9 Å². The lowest BCUT2D eigenvalue weighted by Crippen LogP contribution is -2.16. The first-order valence-electron chi connectivity index (χ1n) is 4.86. The minimum Gasteiger partial charge on any atom is -0.478 e. The highest BCUT2D eigenvalue weighted by Gasteiger charge is 2.24. The van der Waals surface area contributed by atoms with E-state index in [1.54, 1.807) is 0 Å². The Morgan fingerprint density at radius 3 is 2.28 bits per heavy atom. The number of hydrogen-bond donors (Lipinski definition) is 2. The van der Waals surface area contributed by atoms with Crippen LogP contribution in [0.1, 0.15) is 31.1 Å². The van der Waals surface area contributed by atoms with Crippen LogP contribution in [0.25, 0.3) is 0 Å². The van der Waals surface area contributed by atoms with Crippen molar-refractivity contribution in [2.75, 3.05) is 6.61 Å². The van der Waals surface area contributed by atoms with Gasteiger partial charge in [-0.05, 0) is 12.1 Å². The smallest absolute Gasteiger partial charge is 0.339 e. The summed E-state index contributed by atoms with van der Waals surface area (Å²) in [7, 11) is 0. The minimum atomic E-state index is -1.50. The average Bonchev–Trinajstić information content (AvgIpc) is 2.34. The van der Waals surface area contributed by atoms with E-state index in [1.165, 1.54) is 18.2 Å². The molecule has 94 valence electrons. The van der Waals surface area contributed by atoms with E-state index in [1.807, 2.05) is 0 Å². The standard InChI is InChI=1S/C12H10O6/c1-2-6-18-12(17)8-5-3-4-7(10(13)14)9(8)11(15)16/h2-5H,1,6H2,(H,13,14)(H,15,16). The maximum absolute atomic E-state index is 11.6. The van der Waals surface area contributed by atoms with Crippen LogP contribution < -0.4 is 0 Å². The van der Waals surface area contributed by atoms with Gasteiger partial charge >= 0.3 is 17.9 Å². The maximum Gasteiger partial charge on any atom is 0.339 e. The second kappa shape index (κ2) is 5.62. The summed E-state index contributed by atoms with van der Waals surface area (Å²) in [4.78, 5) is 33.5. The summed E-state index contributed by atoms with van der Waals surface area (Å²) < 4.78 is 4.69. The van der Waals surface area contributed by atoms with Crippen LogP contribution in [0.5, 0.6) is 0 Å². The average molecular weight is 250 g/mol. The van der Waals surface area contributed by atoms with Crippen molar-refractivity contribution >= 4 is 17.9 Å². The van der Waals surface area contributed by atoms with E-state index < -0.39 is 29.0 Å². The first-order valence-corrected chi connectivity index (χ1v) is 4.86. The summed E-state index contributed by atoms with van der Waals surface area (Å²) in [6, 6.07) is 3.58. The number of carboxylic acid groups (broad SMARTS) is 2. The molecule has 0 saturated heterocycles. The van der Waals surface area contributed by atoms with E-state index in [9.17, 15) is 14.4 Å². The molecule has 0 atom stereocenters. The number of carbonyl (C=O) groups excluding carboxylic acids is 1. The van der Waals surface area contributed by atoms with Crippen molar-refractivity contribution in [1.29, 1.82) is 0 Å². The normalized spacial score (nSPS) is 9.56. The number of aromatic carboxylic acids is 2. The van der Waals surface area contributed by atoms with Gasteiger partial charge in [0.1, 0.15) is 6.61 Å². The Kier molecular flexibility index (Phi) is 4.20. The molecule has 18 heavy (non-hydrogen) atoms. The molecule has 0 amide bonds. The molecule has 0 saturated carbocycles. The monoisotopic (exact) mass is 250 g/mol. The van der Waals surface area contributed by atoms with Crippen molar-refractivity contribution < 1.29 is 29.3 Å². The second-order valence-corrected chi connectivity index (χ2v) is 3.23. The Morgan fingerprint density at radius 1 is 1.17 bits per heavy atom. The van der Waals surface area contributed by atoms with Gasteiger partial charge in [-0.15, -0.1) is 0 Å². The summed E-state index contributed by atoms with van der Waals surface area (Å²) >= 11 is 0. The highest BCUT2D eigenvalue weighted by molar-refractivity contribution is 6.09. The quantitative estimate of drug-likeness (QED) is 0.605. The van der Waals surface area contributed by atoms with Crippen molar-refractivity contribution in [3.63, 3.8) is 0 Å². The third-order valence-electron chi connectivity index (χ3n) is 2.06. The number of ether oxygens (including phenoxy) is 1. The summed E-state index contributed by atoms with van der Waals surface area (Å²) in [5.74, 6) is -3.83. The Balaban J connectivity index is 3.31. The molecule has 1 rings (SSSR count). The largest absolute Gasteiger partial charge is 0.478 e.